The van der Waals surface area contributed by atoms with Crippen LogP contribution in [0.3, 0.4) is 0 Å². The van der Waals surface area contributed by atoms with Crippen LogP contribution in [0, 0.1) is 0 Å². The summed E-state index contributed by atoms with van der Waals surface area (Å²) in [4.78, 5) is 0. The number of nitrogens with two attached hydrogens (primary N) is 1. The van der Waals surface area contributed by atoms with E-state index in [9.17, 15) is 0 Å². The van der Waals surface area contributed by atoms with E-state index in [1.807, 2.05) is 25.2 Å². The van der Waals surface area contributed by atoms with Crippen LogP contribution in [-0.4, -0.2) is 20.2 Å². The number of ether oxygens (including phenoxy) is 1. The Morgan fingerprint density at radius 2 is 2.31 bits per heavy atom. The summed E-state index contributed by atoms with van der Waals surface area (Å²) in [6.45, 7) is 1.99. The highest BCUT2D eigenvalue weighted by Gasteiger charge is 1.94. The second-order valence-electron chi connectivity index (χ2n) is 2.81. The average molecular weight is 180 g/mol. The van der Waals surface area contributed by atoms with Crippen molar-refractivity contribution >= 4 is 0 Å². The Morgan fingerprint density at radius 1 is 1.46 bits per heavy atom. The lowest BCUT2D eigenvalue weighted by molar-refractivity contribution is 0.328. The minimum atomic E-state index is 0.552. The smallest absolute Gasteiger partial charge is 0.119 e. The van der Waals surface area contributed by atoms with Gasteiger partial charge in [-0.1, -0.05) is 12.1 Å². The molecule has 0 heterocycles. The van der Waals surface area contributed by atoms with Crippen LogP contribution in [0.2, 0.25) is 0 Å². The molecule has 0 aromatic heterocycles. The molecule has 0 aliphatic carbocycles. The lowest BCUT2D eigenvalue weighted by Crippen LogP contribution is -2.11. The van der Waals surface area contributed by atoms with Gasteiger partial charge < -0.3 is 15.8 Å². The molecule has 0 aliphatic heterocycles. The maximum atomic E-state index is 5.39. The number of nitrogens with one attached hydrogen (secondary N) is 1. The van der Waals surface area contributed by atoms with Crippen molar-refractivity contribution in [2.45, 2.75) is 6.54 Å². The molecule has 0 saturated heterocycles. The molecule has 1 aromatic carbocycles. The predicted octanol–water partition coefficient (Wildman–Crippen LogP) is 0.743. The van der Waals surface area contributed by atoms with E-state index in [1.54, 1.807) is 0 Å². The third-order valence-electron chi connectivity index (χ3n) is 1.67. The Hall–Kier alpha value is -1.06. The van der Waals surface area contributed by atoms with Crippen molar-refractivity contribution in [3.05, 3.63) is 29.8 Å². The summed E-state index contributed by atoms with van der Waals surface area (Å²) in [7, 11) is 1.92. The van der Waals surface area contributed by atoms with Gasteiger partial charge in [-0.05, 0) is 24.7 Å². The molecular formula is C10H16N2O. The summed E-state index contributed by atoms with van der Waals surface area (Å²) in [5, 5.41) is 3.09. The van der Waals surface area contributed by atoms with Crippen molar-refractivity contribution in [2.24, 2.45) is 5.73 Å². The van der Waals surface area contributed by atoms with E-state index in [1.165, 1.54) is 5.56 Å². The van der Waals surface area contributed by atoms with E-state index in [-0.39, 0.29) is 0 Å². The van der Waals surface area contributed by atoms with Crippen LogP contribution in [0.5, 0.6) is 5.75 Å². The summed E-state index contributed by atoms with van der Waals surface area (Å²) in [5.74, 6) is 0.887. The number of hydrogen-bond acceptors (Lipinski definition) is 3. The van der Waals surface area contributed by atoms with Crippen molar-refractivity contribution in [3.8, 4) is 5.75 Å². The van der Waals surface area contributed by atoms with Crippen molar-refractivity contribution in [3.63, 3.8) is 0 Å². The number of benzene rings is 1. The fraction of sp³-hybridized carbons (Fsp3) is 0.400. The van der Waals surface area contributed by atoms with Crippen LogP contribution in [0.1, 0.15) is 5.56 Å². The van der Waals surface area contributed by atoms with Crippen molar-refractivity contribution in [1.82, 2.24) is 5.32 Å². The average Bonchev–Trinajstić information content (AvgIpc) is 2.16. The van der Waals surface area contributed by atoms with Gasteiger partial charge in [-0.3, -0.25) is 0 Å². The molecular weight excluding hydrogens is 164 g/mol. The van der Waals surface area contributed by atoms with Gasteiger partial charge in [-0.25, -0.2) is 0 Å². The molecule has 0 spiro atoms. The van der Waals surface area contributed by atoms with E-state index in [0.717, 1.165) is 12.3 Å². The highest BCUT2D eigenvalue weighted by molar-refractivity contribution is 5.28. The summed E-state index contributed by atoms with van der Waals surface area (Å²) in [6.07, 6.45) is 0. The number of hydrogen-bond donors (Lipinski definition) is 2. The van der Waals surface area contributed by atoms with Crippen LogP contribution in [0.4, 0.5) is 0 Å². The molecule has 0 bridgehead atoms. The van der Waals surface area contributed by atoms with Gasteiger partial charge in [0.05, 0.1) is 0 Å². The molecule has 0 aliphatic rings. The van der Waals surface area contributed by atoms with E-state index < -0.39 is 0 Å². The number of rotatable bonds is 5. The highest BCUT2D eigenvalue weighted by atomic mass is 16.5. The van der Waals surface area contributed by atoms with Gasteiger partial charge in [0.1, 0.15) is 12.4 Å². The molecule has 0 amide bonds. The molecule has 3 nitrogen and oxygen atoms in total. The molecule has 0 radical (unpaired) electrons. The first-order valence-electron chi connectivity index (χ1n) is 4.43. The molecule has 13 heavy (non-hydrogen) atoms. The minimum absolute atomic E-state index is 0.552. The Morgan fingerprint density at radius 3 is 3.00 bits per heavy atom. The summed E-state index contributed by atoms with van der Waals surface area (Å²) < 4.78 is 5.39. The van der Waals surface area contributed by atoms with E-state index in [4.69, 9.17) is 10.5 Å². The van der Waals surface area contributed by atoms with Crippen molar-refractivity contribution in [2.75, 3.05) is 20.2 Å². The first kappa shape index (κ1) is 10.0. The fourth-order valence-electron chi connectivity index (χ4n) is 1.13. The Balaban J connectivity index is 2.56. The van der Waals surface area contributed by atoms with Gasteiger partial charge in [0.15, 0.2) is 0 Å². The van der Waals surface area contributed by atoms with Crippen LogP contribution in [0.15, 0.2) is 24.3 Å². The maximum absolute atomic E-state index is 5.39. The summed E-state index contributed by atoms with van der Waals surface area (Å²) in [5.41, 5.74) is 6.56. The Kier molecular flexibility index (Phi) is 4.29. The quantitative estimate of drug-likeness (QED) is 0.702. The van der Waals surface area contributed by atoms with E-state index >= 15 is 0 Å². The fourth-order valence-corrected chi connectivity index (χ4v) is 1.13. The molecule has 1 aromatic rings. The normalized spacial score (nSPS) is 10.0. The molecule has 3 N–H and O–H groups in total. The topological polar surface area (TPSA) is 47.3 Å². The zero-order chi connectivity index (χ0) is 9.52. The lowest BCUT2D eigenvalue weighted by atomic mass is 10.2. The Bertz CT molecular complexity index is 250. The third kappa shape index (κ3) is 3.44. The van der Waals surface area contributed by atoms with Gasteiger partial charge >= 0.3 is 0 Å². The molecule has 3 heteroatoms. The van der Waals surface area contributed by atoms with E-state index in [2.05, 4.69) is 11.4 Å². The molecule has 72 valence electrons. The summed E-state index contributed by atoms with van der Waals surface area (Å²) >= 11 is 0. The van der Waals surface area contributed by atoms with Gasteiger partial charge in [0.25, 0.3) is 0 Å². The molecule has 0 atom stereocenters. The van der Waals surface area contributed by atoms with E-state index in [0.29, 0.717) is 13.2 Å². The first-order valence-corrected chi connectivity index (χ1v) is 4.43. The van der Waals surface area contributed by atoms with Crippen LogP contribution in [0.25, 0.3) is 0 Å². The van der Waals surface area contributed by atoms with Crippen LogP contribution >= 0.6 is 0 Å². The lowest BCUT2D eigenvalue weighted by Gasteiger charge is -2.06. The standard InChI is InChI=1S/C10H16N2O/c1-12-8-9-3-2-4-10(7-9)13-6-5-11/h2-4,7,12H,5-6,8,11H2,1H3. The monoisotopic (exact) mass is 180 g/mol. The van der Waals surface area contributed by atoms with Gasteiger partial charge in [-0.15, -0.1) is 0 Å². The van der Waals surface area contributed by atoms with Crippen molar-refractivity contribution < 1.29 is 4.74 Å². The van der Waals surface area contributed by atoms with Gasteiger partial charge in [-0.2, -0.15) is 0 Å². The molecule has 0 saturated carbocycles. The SMILES string of the molecule is CNCc1cccc(OCCN)c1. The highest BCUT2D eigenvalue weighted by Crippen LogP contribution is 2.12. The van der Waals surface area contributed by atoms with Gasteiger partial charge in [0.2, 0.25) is 0 Å². The third-order valence-corrected chi connectivity index (χ3v) is 1.67. The Labute approximate surface area is 78.9 Å². The maximum Gasteiger partial charge on any atom is 0.119 e. The zero-order valence-corrected chi connectivity index (χ0v) is 7.92. The molecule has 0 fully saturated rings. The molecule has 1 rings (SSSR count). The first-order chi connectivity index (χ1) is 6.36. The second kappa shape index (κ2) is 5.56. The van der Waals surface area contributed by atoms with Crippen molar-refractivity contribution in [1.29, 1.82) is 0 Å². The predicted molar refractivity (Wildman–Crippen MR) is 53.8 cm³/mol. The second-order valence-corrected chi connectivity index (χ2v) is 2.81. The van der Waals surface area contributed by atoms with Crippen LogP contribution in [-0.2, 0) is 6.54 Å². The largest absolute Gasteiger partial charge is 0.492 e. The van der Waals surface area contributed by atoms with Crippen LogP contribution < -0.4 is 15.8 Å². The zero-order valence-electron chi connectivity index (χ0n) is 7.92. The van der Waals surface area contributed by atoms with Gasteiger partial charge in [0, 0.05) is 13.1 Å². The summed E-state index contributed by atoms with van der Waals surface area (Å²) in [6, 6.07) is 8.01. The molecule has 0 unspecified atom stereocenters. The minimum Gasteiger partial charge on any atom is -0.492 e.